The number of nitrogens with zero attached hydrogens (tertiary/aromatic N) is 1. The van der Waals surface area contributed by atoms with E-state index >= 15 is 0 Å². The highest BCUT2D eigenvalue weighted by molar-refractivity contribution is 9.11. The molecule has 17 heavy (non-hydrogen) atoms. The lowest BCUT2D eigenvalue weighted by atomic mass is 10.1. The van der Waals surface area contributed by atoms with Crippen molar-refractivity contribution in [2.45, 2.75) is 31.4 Å². The maximum Gasteiger partial charge on any atom is 0.255 e. The number of carbonyl (C=O) groups excluding carboxylic acids is 1. The molecule has 2 unspecified atom stereocenters. The number of ether oxygens (including phenoxy) is 1. The molecule has 0 radical (unpaired) electrons. The van der Waals surface area contributed by atoms with Crippen LogP contribution in [0.4, 0.5) is 0 Å². The summed E-state index contributed by atoms with van der Waals surface area (Å²) in [5.41, 5.74) is 0.800. The summed E-state index contributed by atoms with van der Waals surface area (Å²) in [5, 5.41) is 1.92. The lowest BCUT2D eigenvalue weighted by Gasteiger charge is -2.37. The van der Waals surface area contributed by atoms with Crippen LogP contribution >= 0.6 is 27.3 Å². The summed E-state index contributed by atoms with van der Waals surface area (Å²) >= 11 is 4.96. The Hall–Kier alpha value is -0.390. The molecule has 3 nitrogen and oxygen atoms in total. The zero-order chi connectivity index (χ0) is 11.8. The van der Waals surface area contributed by atoms with E-state index in [-0.39, 0.29) is 12.0 Å². The molecule has 1 saturated carbocycles. The fourth-order valence-corrected chi connectivity index (χ4v) is 3.90. The van der Waals surface area contributed by atoms with Crippen molar-refractivity contribution in [3.8, 4) is 0 Å². The summed E-state index contributed by atoms with van der Waals surface area (Å²) in [5.74, 6) is 0.159. The van der Waals surface area contributed by atoms with Gasteiger partial charge in [0.15, 0.2) is 0 Å². The maximum absolute atomic E-state index is 12.4. The van der Waals surface area contributed by atoms with Gasteiger partial charge in [0.25, 0.3) is 5.91 Å². The molecule has 1 aromatic rings. The molecule has 1 aliphatic carbocycles. The van der Waals surface area contributed by atoms with Gasteiger partial charge < -0.3 is 9.64 Å². The fraction of sp³-hybridized carbons (Fsp3) is 0.583. The number of carbonyl (C=O) groups is 1. The molecule has 1 amide bonds. The number of hydrogen-bond acceptors (Lipinski definition) is 3. The van der Waals surface area contributed by atoms with Gasteiger partial charge in [0.2, 0.25) is 0 Å². The van der Waals surface area contributed by atoms with E-state index in [1.807, 2.05) is 16.3 Å². The largest absolute Gasteiger partial charge is 0.374 e. The second-order valence-corrected chi connectivity index (χ2v) is 6.84. The minimum Gasteiger partial charge on any atom is -0.374 e. The second kappa shape index (κ2) is 4.71. The quantitative estimate of drug-likeness (QED) is 0.797. The van der Waals surface area contributed by atoms with Gasteiger partial charge in [-0.05, 0) is 41.3 Å². The molecule has 1 saturated heterocycles. The first-order valence-electron chi connectivity index (χ1n) is 5.92. The number of hydrogen-bond donors (Lipinski definition) is 0. The number of fused-ring (bicyclic) bond motifs is 1. The minimum absolute atomic E-state index is 0.159. The molecule has 92 valence electrons. The normalized spacial score (nSPS) is 28.2. The fourth-order valence-electron chi connectivity index (χ4n) is 2.77. The van der Waals surface area contributed by atoms with Crippen LogP contribution in [-0.2, 0) is 4.74 Å². The van der Waals surface area contributed by atoms with Crippen LogP contribution in [-0.4, -0.2) is 36.1 Å². The highest BCUT2D eigenvalue weighted by Crippen LogP contribution is 2.31. The van der Waals surface area contributed by atoms with Crippen molar-refractivity contribution in [3.63, 3.8) is 0 Å². The van der Waals surface area contributed by atoms with Gasteiger partial charge in [-0.1, -0.05) is 0 Å². The monoisotopic (exact) mass is 315 g/mol. The summed E-state index contributed by atoms with van der Waals surface area (Å²) in [6, 6.07) is 2.21. The SMILES string of the molecule is O=C(c1csc(Br)c1)N1CCOC2CCCC21. The van der Waals surface area contributed by atoms with E-state index in [0.717, 1.165) is 28.7 Å². The van der Waals surface area contributed by atoms with Gasteiger partial charge in [0, 0.05) is 11.9 Å². The average molecular weight is 316 g/mol. The van der Waals surface area contributed by atoms with Crippen molar-refractivity contribution in [1.82, 2.24) is 4.90 Å². The smallest absolute Gasteiger partial charge is 0.255 e. The van der Waals surface area contributed by atoms with Gasteiger partial charge in [0.1, 0.15) is 0 Å². The van der Waals surface area contributed by atoms with Crippen LogP contribution in [0.15, 0.2) is 15.2 Å². The van der Waals surface area contributed by atoms with E-state index in [9.17, 15) is 4.79 Å². The molecule has 5 heteroatoms. The number of morpholine rings is 1. The average Bonchev–Trinajstić information content (AvgIpc) is 2.95. The Balaban J connectivity index is 1.81. The lowest BCUT2D eigenvalue weighted by Crippen LogP contribution is -2.51. The second-order valence-electron chi connectivity index (χ2n) is 4.55. The van der Waals surface area contributed by atoms with E-state index in [1.165, 1.54) is 6.42 Å². The van der Waals surface area contributed by atoms with Crippen LogP contribution in [0, 0.1) is 0 Å². The predicted octanol–water partition coefficient (Wildman–Crippen LogP) is 2.90. The van der Waals surface area contributed by atoms with Gasteiger partial charge in [-0.2, -0.15) is 0 Å². The molecule has 2 fully saturated rings. The molecule has 2 heterocycles. The Labute approximate surface area is 113 Å². The molecule has 2 aliphatic rings. The van der Waals surface area contributed by atoms with Crippen molar-refractivity contribution in [2.24, 2.45) is 0 Å². The number of halogens is 1. The van der Waals surface area contributed by atoms with Gasteiger partial charge in [0.05, 0.1) is 28.1 Å². The zero-order valence-electron chi connectivity index (χ0n) is 9.39. The first-order chi connectivity index (χ1) is 8.25. The Kier molecular flexibility index (Phi) is 3.23. The number of amides is 1. The van der Waals surface area contributed by atoms with E-state index in [4.69, 9.17) is 4.74 Å². The Morgan fingerprint density at radius 3 is 3.18 bits per heavy atom. The van der Waals surface area contributed by atoms with Crippen LogP contribution in [0.5, 0.6) is 0 Å². The van der Waals surface area contributed by atoms with Crippen molar-refractivity contribution in [1.29, 1.82) is 0 Å². The van der Waals surface area contributed by atoms with Crippen LogP contribution in [0.1, 0.15) is 29.6 Å². The third-order valence-corrected chi connectivity index (χ3v) is 5.06. The zero-order valence-corrected chi connectivity index (χ0v) is 11.8. The minimum atomic E-state index is 0.159. The molecule has 1 aliphatic heterocycles. The summed E-state index contributed by atoms with van der Waals surface area (Å²) in [7, 11) is 0. The van der Waals surface area contributed by atoms with Crippen LogP contribution in [0.2, 0.25) is 0 Å². The molecule has 2 atom stereocenters. The third kappa shape index (κ3) is 2.16. The number of thiophene rings is 1. The Bertz CT molecular complexity index is 434. The molecule has 0 bridgehead atoms. The summed E-state index contributed by atoms with van der Waals surface area (Å²) < 4.78 is 6.73. The highest BCUT2D eigenvalue weighted by Gasteiger charge is 2.38. The van der Waals surface area contributed by atoms with Gasteiger partial charge in [-0.3, -0.25) is 4.79 Å². The van der Waals surface area contributed by atoms with Crippen LogP contribution in [0.25, 0.3) is 0 Å². The topological polar surface area (TPSA) is 29.5 Å². The molecule has 3 rings (SSSR count). The summed E-state index contributed by atoms with van der Waals surface area (Å²) in [6.07, 6.45) is 3.63. The molecule has 1 aromatic heterocycles. The number of rotatable bonds is 1. The third-order valence-electron chi connectivity index (χ3n) is 3.56. The van der Waals surface area contributed by atoms with Crippen LogP contribution in [0.3, 0.4) is 0 Å². The molecule has 0 N–H and O–H groups in total. The lowest BCUT2D eigenvalue weighted by molar-refractivity contribution is -0.0445. The summed E-state index contributed by atoms with van der Waals surface area (Å²) in [4.78, 5) is 14.4. The first-order valence-corrected chi connectivity index (χ1v) is 7.59. The van der Waals surface area contributed by atoms with Crippen molar-refractivity contribution < 1.29 is 9.53 Å². The van der Waals surface area contributed by atoms with Gasteiger partial charge >= 0.3 is 0 Å². The van der Waals surface area contributed by atoms with E-state index in [1.54, 1.807) is 11.3 Å². The van der Waals surface area contributed by atoms with Gasteiger partial charge in [-0.25, -0.2) is 0 Å². The molecule has 0 aromatic carbocycles. The predicted molar refractivity (Wildman–Crippen MR) is 70.4 cm³/mol. The first kappa shape index (κ1) is 11.7. The van der Waals surface area contributed by atoms with Crippen molar-refractivity contribution in [3.05, 3.63) is 20.8 Å². The Morgan fingerprint density at radius 1 is 1.53 bits per heavy atom. The van der Waals surface area contributed by atoms with Gasteiger partial charge in [-0.15, -0.1) is 11.3 Å². The highest BCUT2D eigenvalue weighted by atomic mass is 79.9. The Morgan fingerprint density at radius 2 is 2.41 bits per heavy atom. The van der Waals surface area contributed by atoms with E-state index in [0.29, 0.717) is 12.6 Å². The van der Waals surface area contributed by atoms with Crippen molar-refractivity contribution in [2.75, 3.05) is 13.2 Å². The molecular weight excluding hydrogens is 302 g/mol. The standard InChI is InChI=1S/C12H14BrNO2S/c13-11-6-8(7-17-11)12(15)14-4-5-16-10-3-1-2-9(10)14/h6-7,9-10H,1-5H2. The maximum atomic E-state index is 12.4. The summed E-state index contributed by atoms with van der Waals surface area (Å²) in [6.45, 7) is 1.41. The van der Waals surface area contributed by atoms with E-state index in [2.05, 4.69) is 15.9 Å². The van der Waals surface area contributed by atoms with E-state index < -0.39 is 0 Å². The van der Waals surface area contributed by atoms with Crippen molar-refractivity contribution >= 4 is 33.2 Å². The van der Waals surface area contributed by atoms with Crippen LogP contribution < -0.4 is 0 Å². The molecular formula is C12H14BrNO2S. The molecule has 0 spiro atoms.